The number of carbonyl (C=O) groups excluding carboxylic acids is 16. The van der Waals surface area contributed by atoms with Crippen LogP contribution in [-0.2, 0) is 102 Å². The number of carboxylic acid groups (broad SMARTS) is 4. The minimum atomic E-state index is -2.48. The smallest absolute Gasteiger partial charge is 0.407 e. The molecule has 1 fully saturated rings. The first-order valence-electron chi connectivity index (χ1n) is 38.0. The topological polar surface area (TPSA) is 711 Å². The van der Waals surface area contributed by atoms with Crippen LogP contribution in [-0.4, -0.2) is 254 Å². The van der Waals surface area contributed by atoms with Crippen LogP contribution in [0.1, 0.15) is 111 Å². The molecule has 14 unspecified atom stereocenters. The summed E-state index contributed by atoms with van der Waals surface area (Å²) in [6.07, 6.45) is -9.64. The highest BCUT2D eigenvalue weighted by Crippen LogP contribution is 2.45. The Morgan fingerprint density at radius 3 is 1.81 bits per heavy atom. The van der Waals surface area contributed by atoms with E-state index < -0.39 is 268 Å². The fourth-order valence-corrected chi connectivity index (χ4v) is 13.1. The molecule has 1 aliphatic carbocycles. The van der Waals surface area contributed by atoms with Crippen molar-refractivity contribution in [1.82, 2.24) is 74.1 Å². The van der Waals surface area contributed by atoms with Gasteiger partial charge in [-0.3, -0.25) is 86.3 Å². The number of aromatic amines is 1. The van der Waals surface area contributed by atoms with Gasteiger partial charge in [0.25, 0.3) is 0 Å². The van der Waals surface area contributed by atoms with E-state index in [9.17, 15) is 121 Å². The standard InChI is InChI=1S/C78H95N17O27/c1-35-19-20-43-41-13-5-6-14-42(41)46(45(43)22-35)34-121-78(120)82-21-11-18-50-70(112)91-53(28-63(105)106)71(113)86-37(3)67(109)89-52(27-62(103)104)69(111)84-31-60(100)88-56(33-96)74(116)94-65(36(2)23-61(101)102)76(118)93-55(25-57(97)44-15-7-9-16-47(44)79)77(119)122-38(4)66(75(117)85-32-59(99)87-50)95-73(115)54(29-64(107)108)92-72(114)51(26-58(81)98)90-68(110)48(80)24-39-30-83-49-17-10-8-12-40(39)49/h5-10,12-17,19-20,22,30,36-38,46,48,50-56,65-66,83,96H,11,18,21,23-29,31-34,79-80H2,1-4H3,(H2,81,98)(H,82,120)(H,84,111)(H,85,117)(H,86,113)(H,87,99)(H,88,100)(H,89,109)(H,90,110)(H,91,112)(H,92,114)(H,93,118)(H,94,116)(H,95,115)(H,101,102)(H,103,104)(H,105,106)(H,107,108). The number of aromatic nitrogens is 1. The van der Waals surface area contributed by atoms with Gasteiger partial charge in [0.15, 0.2) is 5.78 Å². The monoisotopic (exact) mass is 1700 g/mol. The zero-order valence-electron chi connectivity index (χ0n) is 66.2. The van der Waals surface area contributed by atoms with Gasteiger partial charge in [-0.1, -0.05) is 85.3 Å². The number of carboxylic acids is 4. The number of hydrogen-bond acceptors (Lipinski definition) is 25. The molecular formula is C78H95N17O27. The first-order chi connectivity index (χ1) is 57.7. The summed E-state index contributed by atoms with van der Waals surface area (Å²) in [6.45, 7) is 0.513. The first-order valence-corrected chi connectivity index (χ1v) is 38.0. The van der Waals surface area contributed by atoms with Gasteiger partial charge in [0.1, 0.15) is 73.1 Å². The number of aliphatic hydroxyl groups excluding tert-OH is 1. The molecule has 1 saturated heterocycles. The van der Waals surface area contributed by atoms with Gasteiger partial charge in [-0.15, -0.1) is 0 Å². The quantitative estimate of drug-likeness (QED) is 0.00922. The van der Waals surface area contributed by atoms with Crippen molar-refractivity contribution in [1.29, 1.82) is 0 Å². The number of esters is 1. The molecule has 44 nitrogen and oxygen atoms in total. The van der Waals surface area contributed by atoms with Crippen molar-refractivity contribution in [2.75, 3.05) is 38.6 Å². The highest BCUT2D eigenvalue weighted by molar-refractivity contribution is 6.05. The van der Waals surface area contributed by atoms with Crippen LogP contribution in [0.4, 0.5) is 10.5 Å². The molecule has 4 aromatic carbocycles. The number of Topliss-reactive ketones (excluding diaryl/α,β-unsaturated/α-hetero) is 1. The summed E-state index contributed by atoms with van der Waals surface area (Å²) in [5.74, 6) is -29.9. The second-order valence-corrected chi connectivity index (χ2v) is 28.8. The first kappa shape index (κ1) is 94.7. The molecule has 25 N–H and O–H groups in total. The van der Waals surface area contributed by atoms with E-state index >= 15 is 0 Å². The number of anilines is 1. The number of nitrogens with one attached hydrogen (secondary N) is 14. The number of aliphatic hydroxyl groups is 1. The summed E-state index contributed by atoms with van der Waals surface area (Å²) >= 11 is 0. The third-order valence-corrected chi connectivity index (χ3v) is 19.4. The normalized spacial score (nSPS) is 21.4. The molecule has 0 bridgehead atoms. The van der Waals surface area contributed by atoms with E-state index in [-0.39, 0.29) is 37.2 Å². The Morgan fingerprint density at radius 1 is 0.582 bits per heavy atom. The number of cyclic esters (lactones) is 1. The lowest BCUT2D eigenvalue weighted by Gasteiger charge is -2.30. The molecule has 0 spiro atoms. The van der Waals surface area contributed by atoms with E-state index in [1.807, 2.05) is 65.3 Å². The second kappa shape index (κ2) is 44.4. The lowest BCUT2D eigenvalue weighted by molar-refractivity contribution is -0.156. The Bertz CT molecular complexity index is 4840. The Labute approximate surface area is 693 Å². The lowest BCUT2D eigenvalue weighted by Crippen LogP contribution is -2.61. The summed E-state index contributed by atoms with van der Waals surface area (Å²) in [4.78, 5) is 277. The number of alkyl carbamates (subject to hydrolysis) is 1. The van der Waals surface area contributed by atoms with Crippen molar-refractivity contribution in [2.24, 2.45) is 17.4 Å². The number of fused-ring (bicyclic) bond motifs is 4. The molecule has 5 aromatic rings. The van der Waals surface area contributed by atoms with E-state index in [0.717, 1.165) is 48.6 Å². The van der Waals surface area contributed by atoms with Crippen LogP contribution in [0, 0.1) is 12.8 Å². The fraction of sp³-hybridized carbons (Fsp3) is 0.410. The van der Waals surface area contributed by atoms with Gasteiger partial charge in [-0.05, 0) is 92.0 Å². The maximum Gasteiger partial charge on any atom is 0.407 e. The van der Waals surface area contributed by atoms with Crippen LogP contribution in [0.2, 0.25) is 0 Å². The van der Waals surface area contributed by atoms with E-state index in [2.05, 4.69) is 58.2 Å². The SMILES string of the molecule is Cc1ccc2c(c1)C(COC(=O)NCCCC1NC(=O)CNC(=O)C(NC(=O)C(CC(=O)O)NC(=O)C(CC(N)=O)NC(=O)C(N)Cc3c[nH]c4ccccc34)C(C)OC(=O)C(CC(=O)c3ccccc3N)NC(=O)C(C(C)CC(=O)O)NC(=O)C(CO)NC(=O)CNC(=O)C(CC(=O)O)NC(=O)C(C)NC(=O)C(CC(=O)O)NC1=O)c1ccccc1-2. The van der Waals surface area contributed by atoms with Crippen molar-refractivity contribution < 1.29 is 131 Å². The largest absolute Gasteiger partial charge is 0.481 e. The minimum Gasteiger partial charge on any atom is -0.481 e. The van der Waals surface area contributed by atoms with E-state index in [4.69, 9.17) is 26.7 Å². The number of ether oxygens (including phenoxy) is 2. The molecule has 44 heteroatoms. The van der Waals surface area contributed by atoms with E-state index in [1.165, 1.54) is 24.3 Å². The van der Waals surface area contributed by atoms with Crippen molar-refractivity contribution >= 4 is 135 Å². The third kappa shape index (κ3) is 27.6. The number of nitrogens with two attached hydrogens (primary N) is 3. The third-order valence-electron chi connectivity index (χ3n) is 19.4. The molecule has 14 amide bonds. The summed E-state index contributed by atoms with van der Waals surface area (Å²) in [7, 11) is 0. The van der Waals surface area contributed by atoms with Gasteiger partial charge in [-0.2, -0.15) is 0 Å². The van der Waals surface area contributed by atoms with Crippen LogP contribution in [0.25, 0.3) is 22.0 Å². The zero-order chi connectivity index (χ0) is 89.9. The number of primary amides is 1. The fourth-order valence-electron chi connectivity index (χ4n) is 13.1. The molecule has 1 aromatic heterocycles. The van der Waals surface area contributed by atoms with Crippen LogP contribution in [0.3, 0.4) is 0 Å². The number of aryl methyl sites for hydroxylation is 1. The van der Waals surface area contributed by atoms with Crippen molar-refractivity contribution in [3.8, 4) is 11.1 Å². The van der Waals surface area contributed by atoms with Crippen LogP contribution in [0.15, 0.2) is 97.2 Å². The number of rotatable bonds is 29. The van der Waals surface area contributed by atoms with Gasteiger partial charge in [0.2, 0.25) is 76.8 Å². The van der Waals surface area contributed by atoms with Crippen molar-refractivity contribution in [3.05, 3.63) is 125 Å². The predicted molar refractivity (Wildman–Crippen MR) is 422 cm³/mol. The average Bonchev–Trinajstić information content (AvgIpc) is 1.61. The van der Waals surface area contributed by atoms with Gasteiger partial charge >= 0.3 is 35.9 Å². The number of hydrogen-bond donors (Lipinski definition) is 22. The summed E-state index contributed by atoms with van der Waals surface area (Å²) in [6, 6.07) is 2.41. The Balaban J connectivity index is 1.25. The Kier molecular flexibility index (Phi) is 34.4. The number of amides is 14. The number of carbonyl (C=O) groups is 20. The summed E-state index contributed by atoms with van der Waals surface area (Å²) < 4.78 is 11.4. The maximum absolute atomic E-state index is 14.9. The minimum absolute atomic E-state index is 0.149. The zero-order valence-corrected chi connectivity index (χ0v) is 66.2. The molecule has 654 valence electrons. The van der Waals surface area contributed by atoms with E-state index in [1.54, 1.807) is 30.5 Å². The molecular weight excluding hydrogens is 1610 g/mol. The van der Waals surface area contributed by atoms with Crippen LogP contribution < -0.4 is 86.3 Å². The lowest BCUT2D eigenvalue weighted by atomic mass is 9.96. The number of benzene rings is 4. The summed E-state index contributed by atoms with van der Waals surface area (Å²) in [5, 5.41) is 78.8. The van der Waals surface area contributed by atoms with Gasteiger partial charge in [-0.25, -0.2) is 9.59 Å². The number of H-pyrrole nitrogens is 1. The molecule has 2 heterocycles. The van der Waals surface area contributed by atoms with Gasteiger partial charge < -0.3 is 126 Å². The molecule has 1 aliphatic heterocycles. The number of aliphatic carboxylic acids is 4. The van der Waals surface area contributed by atoms with Crippen molar-refractivity contribution in [3.63, 3.8) is 0 Å². The molecule has 0 radical (unpaired) electrons. The molecule has 122 heavy (non-hydrogen) atoms. The number of nitrogen functional groups attached to an aromatic ring is 1. The van der Waals surface area contributed by atoms with Crippen LogP contribution >= 0.6 is 0 Å². The van der Waals surface area contributed by atoms with E-state index in [0.29, 0.717) is 16.5 Å². The van der Waals surface area contributed by atoms with Gasteiger partial charge in [0.05, 0.1) is 57.8 Å². The van der Waals surface area contributed by atoms with Crippen molar-refractivity contribution in [2.45, 2.75) is 164 Å². The Morgan fingerprint density at radius 2 is 1.16 bits per heavy atom. The van der Waals surface area contributed by atoms with Gasteiger partial charge in [0, 0.05) is 47.2 Å². The Hall–Kier alpha value is -14.5. The number of para-hydroxylation sites is 2. The molecule has 2 aliphatic rings. The molecule has 0 saturated carbocycles. The molecule has 14 atom stereocenters. The second-order valence-electron chi connectivity index (χ2n) is 28.8. The predicted octanol–water partition coefficient (Wildman–Crippen LogP) is -5.03. The number of ketones is 1. The highest BCUT2D eigenvalue weighted by atomic mass is 16.6. The summed E-state index contributed by atoms with van der Waals surface area (Å²) in [5.41, 5.74) is 23.1. The molecule has 7 rings (SSSR count). The average molecular weight is 1700 g/mol. The highest BCUT2D eigenvalue weighted by Gasteiger charge is 2.41. The van der Waals surface area contributed by atoms with Crippen LogP contribution in [0.5, 0.6) is 0 Å². The maximum atomic E-state index is 14.9.